The van der Waals surface area contributed by atoms with Gasteiger partial charge < -0.3 is 4.74 Å². The number of aromatic nitrogens is 1. The number of alkyl halides is 3. The molecule has 1 heterocycles. The quantitative estimate of drug-likeness (QED) is 0.542. The molecule has 80 valence electrons. The largest absolute Gasteiger partial charge is 0.573 e. The highest BCUT2D eigenvalue weighted by Crippen LogP contribution is 2.27. The summed E-state index contributed by atoms with van der Waals surface area (Å²) >= 11 is 0. The average molecular weight is 224 g/mol. The number of rotatable bonds is 1. The van der Waals surface area contributed by atoms with Crippen LogP contribution < -0.4 is 4.74 Å². The number of hydrogen-bond acceptors (Lipinski definition) is 3. The van der Waals surface area contributed by atoms with Crippen molar-refractivity contribution in [2.75, 3.05) is 0 Å². The molecule has 1 rings (SSSR count). The van der Waals surface area contributed by atoms with Crippen molar-refractivity contribution in [2.24, 2.45) is 0 Å². The molecule has 15 heavy (non-hydrogen) atoms. The second-order valence-corrected chi connectivity index (χ2v) is 2.27. The standard InChI is InChI=1S/C7HF5N2O/c8-4-1-3(2-13)14-6(9)5(4)15-7(10,11)12/h1H. The first-order chi connectivity index (χ1) is 6.83. The Bertz CT molecular complexity index is 399. The molecule has 0 aliphatic rings. The molecule has 1 aromatic heterocycles. The van der Waals surface area contributed by atoms with Gasteiger partial charge in [-0.15, -0.1) is 13.2 Å². The number of pyridine rings is 1. The van der Waals surface area contributed by atoms with Crippen molar-refractivity contribution in [3.8, 4) is 11.8 Å². The molecule has 0 fully saturated rings. The van der Waals surface area contributed by atoms with Crippen LogP contribution in [0.5, 0.6) is 5.75 Å². The Morgan fingerprint density at radius 2 is 1.93 bits per heavy atom. The van der Waals surface area contributed by atoms with Crippen molar-refractivity contribution in [3.63, 3.8) is 0 Å². The number of ether oxygens (including phenoxy) is 1. The van der Waals surface area contributed by atoms with Crippen molar-refractivity contribution in [2.45, 2.75) is 6.36 Å². The van der Waals surface area contributed by atoms with E-state index in [2.05, 4.69) is 9.72 Å². The van der Waals surface area contributed by atoms with Gasteiger partial charge in [-0.05, 0) is 0 Å². The molecule has 0 N–H and O–H groups in total. The minimum Gasteiger partial charge on any atom is -0.398 e. The predicted molar refractivity (Wildman–Crippen MR) is 35.6 cm³/mol. The number of halogens is 5. The molecule has 0 aliphatic heterocycles. The van der Waals surface area contributed by atoms with Crippen LogP contribution in [0, 0.1) is 23.1 Å². The van der Waals surface area contributed by atoms with Crippen LogP contribution in [0.25, 0.3) is 0 Å². The Morgan fingerprint density at radius 3 is 2.33 bits per heavy atom. The summed E-state index contributed by atoms with van der Waals surface area (Å²) in [6, 6.07) is 1.61. The first-order valence-corrected chi connectivity index (χ1v) is 3.35. The first-order valence-electron chi connectivity index (χ1n) is 3.35. The molecule has 8 heteroatoms. The summed E-state index contributed by atoms with van der Waals surface area (Å²) in [6.07, 6.45) is -5.22. The van der Waals surface area contributed by atoms with Crippen molar-refractivity contribution in [1.29, 1.82) is 5.26 Å². The van der Waals surface area contributed by atoms with Crippen LogP contribution in [0.3, 0.4) is 0 Å². The van der Waals surface area contributed by atoms with Crippen molar-refractivity contribution >= 4 is 0 Å². The van der Waals surface area contributed by atoms with E-state index in [9.17, 15) is 22.0 Å². The molecule has 1 aromatic rings. The first kappa shape index (κ1) is 11.2. The van der Waals surface area contributed by atoms with Crippen molar-refractivity contribution in [3.05, 3.63) is 23.5 Å². The predicted octanol–water partition coefficient (Wildman–Crippen LogP) is 2.13. The fraction of sp³-hybridized carbons (Fsp3) is 0.143. The summed E-state index contributed by atoms with van der Waals surface area (Å²) < 4.78 is 63.4. The Hall–Kier alpha value is -1.91. The lowest BCUT2D eigenvalue weighted by atomic mass is 10.3. The molecule has 0 unspecified atom stereocenters. The fourth-order valence-electron chi connectivity index (χ4n) is 0.737. The maximum absolute atomic E-state index is 12.8. The Morgan fingerprint density at radius 1 is 1.33 bits per heavy atom. The summed E-state index contributed by atoms with van der Waals surface area (Å²) in [5, 5.41) is 8.20. The highest BCUT2D eigenvalue weighted by molar-refractivity contribution is 5.29. The minimum absolute atomic E-state index is 0.337. The van der Waals surface area contributed by atoms with Gasteiger partial charge in [0.2, 0.25) is 5.75 Å². The van der Waals surface area contributed by atoms with E-state index in [1.807, 2.05) is 0 Å². The highest BCUT2D eigenvalue weighted by atomic mass is 19.4. The molecule has 0 radical (unpaired) electrons. The highest BCUT2D eigenvalue weighted by Gasteiger charge is 2.34. The zero-order chi connectivity index (χ0) is 11.6. The molecule has 0 saturated carbocycles. The monoisotopic (exact) mass is 224 g/mol. The topological polar surface area (TPSA) is 45.9 Å². The molecular weight excluding hydrogens is 223 g/mol. The number of nitrogens with zero attached hydrogens (tertiary/aromatic N) is 2. The third-order valence-corrected chi connectivity index (χ3v) is 1.22. The molecule has 0 amide bonds. The van der Waals surface area contributed by atoms with E-state index in [0.29, 0.717) is 6.07 Å². The molecular formula is C7HF5N2O. The summed E-state index contributed by atoms with van der Waals surface area (Å²) in [6.45, 7) is 0. The van der Waals surface area contributed by atoms with Crippen LogP contribution in [0.15, 0.2) is 6.07 Å². The minimum atomic E-state index is -5.22. The van der Waals surface area contributed by atoms with Gasteiger partial charge in [-0.2, -0.15) is 9.65 Å². The number of hydrogen-bond donors (Lipinski definition) is 0. The normalized spacial score (nSPS) is 10.9. The Kier molecular flexibility index (Phi) is 2.74. The van der Waals surface area contributed by atoms with E-state index >= 15 is 0 Å². The van der Waals surface area contributed by atoms with E-state index in [0.717, 1.165) is 0 Å². The zero-order valence-electron chi connectivity index (χ0n) is 6.77. The molecule has 0 bridgehead atoms. The second-order valence-electron chi connectivity index (χ2n) is 2.27. The van der Waals surface area contributed by atoms with Crippen molar-refractivity contribution in [1.82, 2.24) is 4.98 Å². The van der Waals surface area contributed by atoms with E-state index in [1.165, 1.54) is 6.07 Å². The van der Waals surface area contributed by atoms with Crippen LogP contribution in [-0.2, 0) is 0 Å². The molecule has 0 spiro atoms. The lowest BCUT2D eigenvalue weighted by Crippen LogP contribution is -2.19. The number of nitriles is 1. The van der Waals surface area contributed by atoms with Gasteiger partial charge in [0.25, 0.3) is 5.95 Å². The van der Waals surface area contributed by atoms with Gasteiger partial charge in [0.1, 0.15) is 11.8 Å². The SMILES string of the molecule is N#Cc1cc(F)c(OC(F)(F)F)c(F)n1. The van der Waals surface area contributed by atoms with Gasteiger partial charge in [0.05, 0.1) is 0 Å². The Labute approximate surface area is 79.7 Å². The molecule has 0 atom stereocenters. The summed E-state index contributed by atoms with van der Waals surface area (Å²) in [5.41, 5.74) is -0.681. The zero-order valence-corrected chi connectivity index (χ0v) is 6.77. The van der Waals surface area contributed by atoms with Gasteiger partial charge in [-0.25, -0.2) is 9.37 Å². The fourth-order valence-corrected chi connectivity index (χ4v) is 0.737. The third-order valence-electron chi connectivity index (χ3n) is 1.22. The Balaban J connectivity index is 3.16. The van der Waals surface area contributed by atoms with Crippen LogP contribution in [0.2, 0.25) is 0 Å². The van der Waals surface area contributed by atoms with Crippen LogP contribution in [0.1, 0.15) is 5.69 Å². The smallest absolute Gasteiger partial charge is 0.398 e. The molecule has 3 nitrogen and oxygen atoms in total. The van der Waals surface area contributed by atoms with Crippen LogP contribution in [0.4, 0.5) is 22.0 Å². The van der Waals surface area contributed by atoms with E-state index in [1.54, 1.807) is 0 Å². The maximum atomic E-state index is 12.8. The summed E-state index contributed by atoms with van der Waals surface area (Å²) in [4.78, 5) is 2.74. The van der Waals surface area contributed by atoms with Gasteiger partial charge in [-0.3, -0.25) is 0 Å². The van der Waals surface area contributed by atoms with E-state index in [-0.39, 0.29) is 0 Å². The lowest BCUT2D eigenvalue weighted by Gasteiger charge is -2.09. The lowest BCUT2D eigenvalue weighted by molar-refractivity contribution is -0.276. The van der Waals surface area contributed by atoms with Crippen LogP contribution in [-0.4, -0.2) is 11.3 Å². The average Bonchev–Trinajstić information content (AvgIpc) is 2.09. The molecule has 0 aromatic carbocycles. The van der Waals surface area contributed by atoms with Crippen LogP contribution >= 0.6 is 0 Å². The molecule has 0 saturated heterocycles. The van der Waals surface area contributed by atoms with Gasteiger partial charge in [-0.1, -0.05) is 0 Å². The van der Waals surface area contributed by atoms with Gasteiger partial charge in [0.15, 0.2) is 5.82 Å². The second kappa shape index (κ2) is 3.68. The van der Waals surface area contributed by atoms with Gasteiger partial charge in [0, 0.05) is 6.07 Å². The van der Waals surface area contributed by atoms with Gasteiger partial charge >= 0.3 is 6.36 Å². The summed E-state index contributed by atoms with van der Waals surface area (Å²) in [5.74, 6) is -5.15. The maximum Gasteiger partial charge on any atom is 0.573 e. The van der Waals surface area contributed by atoms with E-state index in [4.69, 9.17) is 5.26 Å². The summed E-state index contributed by atoms with van der Waals surface area (Å²) in [7, 11) is 0. The third kappa shape index (κ3) is 2.77. The molecule has 0 aliphatic carbocycles. The van der Waals surface area contributed by atoms with Crippen molar-refractivity contribution < 1.29 is 26.7 Å². The van der Waals surface area contributed by atoms with E-state index < -0.39 is 29.6 Å².